The van der Waals surface area contributed by atoms with Gasteiger partial charge in [0.05, 0.1) is 7.11 Å². The van der Waals surface area contributed by atoms with Gasteiger partial charge in [-0.25, -0.2) is 0 Å². The number of benzene rings is 2. The molecule has 120 valence electrons. The number of amides is 1. The Bertz CT molecular complexity index is 714. The first kappa shape index (κ1) is 16.2. The van der Waals surface area contributed by atoms with Crippen molar-refractivity contribution in [2.45, 2.75) is 0 Å². The highest BCUT2D eigenvalue weighted by molar-refractivity contribution is 7.99. The fourth-order valence-corrected chi connectivity index (χ4v) is 3.75. The van der Waals surface area contributed by atoms with E-state index in [-0.39, 0.29) is 5.91 Å². The molecule has 1 aliphatic heterocycles. The zero-order chi connectivity index (χ0) is 16.2. The lowest BCUT2D eigenvalue weighted by Gasteiger charge is -2.26. The van der Waals surface area contributed by atoms with Crippen molar-refractivity contribution in [3.8, 4) is 16.9 Å². The van der Waals surface area contributed by atoms with E-state index in [4.69, 9.17) is 16.3 Å². The summed E-state index contributed by atoms with van der Waals surface area (Å²) in [6, 6.07) is 13.2. The Morgan fingerprint density at radius 2 is 1.96 bits per heavy atom. The molecule has 1 saturated heterocycles. The molecule has 0 bridgehead atoms. The summed E-state index contributed by atoms with van der Waals surface area (Å²) < 4.78 is 5.41. The van der Waals surface area contributed by atoms with Crippen molar-refractivity contribution in [2.24, 2.45) is 0 Å². The van der Waals surface area contributed by atoms with Gasteiger partial charge in [0.15, 0.2) is 0 Å². The number of hydrogen-bond acceptors (Lipinski definition) is 3. The fraction of sp³-hybridized carbons (Fsp3) is 0.278. The second kappa shape index (κ2) is 7.28. The number of methoxy groups -OCH3 is 1. The van der Waals surface area contributed by atoms with Gasteiger partial charge in [-0.15, -0.1) is 0 Å². The van der Waals surface area contributed by atoms with Crippen molar-refractivity contribution in [1.29, 1.82) is 0 Å². The lowest BCUT2D eigenvalue weighted by molar-refractivity contribution is 0.0772. The second-order valence-electron chi connectivity index (χ2n) is 5.33. The summed E-state index contributed by atoms with van der Waals surface area (Å²) in [5.74, 6) is 2.85. The highest BCUT2D eigenvalue weighted by Gasteiger charge is 2.19. The summed E-state index contributed by atoms with van der Waals surface area (Å²) in [6.07, 6.45) is 0. The molecule has 0 unspecified atom stereocenters. The van der Waals surface area contributed by atoms with Gasteiger partial charge in [-0.3, -0.25) is 4.79 Å². The molecule has 1 heterocycles. The van der Waals surface area contributed by atoms with Crippen LogP contribution < -0.4 is 4.74 Å². The summed E-state index contributed by atoms with van der Waals surface area (Å²) in [6.45, 7) is 1.63. The Labute approximate surface area is 145 Å². The van der Waals surface area contributed by atoms with E-state index >= 15 is 0 Å². The number of hydrogen-bond donors (Lipinski definition) is 0. The average molecular weight is 348 g/mol. The standard InChI is InChI=1S/C18H18ClNO2S/c1-22-17-6-5-15(19)12-16(17)13-3-2-4-14(11-13)18(21)20-7-9-23-10-8-20/h2-6,11-12H,7-10H2,1H3. The topological polar surface area (TPSA) is 29.5 Å². The van der Waals surface area contributed by atoms with Gasteiger partial charge in [-0.05, 0) is 35.9 Å². The van der Waals surface area contributed by atoms with Crippen molar-refractivity contribution in [3.05, 3.63) is 53.1 Å². The zero-order valence-electron chi connectivity index (χ0n) is 12.9. The molecule has 2 aromatic rings. The molecule has 3 rings (SSSR count). The van der Waals surface area contributed by atoms with Crippen LogP contribution in [0.3, 0.4) is 0 Å². The van der Waals surface area contributed by atoms with Crippen LogP contribution in [0.25, 0.3) is 11.1 Å². The van der Waals surface area contributed by atoms with Crippen LogP contribution in [0, 0.1) is 0 Å². The molecule has 2 aromatic carbocycles. The molecule has 0 N–H and O–H groups in total. The van der Waals surface area contributed by atoms with Crippen molar-refractivity contribution >= 4 is 29.3 Å². The van der Waals surface area contributed by atoms with Crippen molar-refractivity contribution in [1.82, 2.24) is 4.90 Å². The molecule has 0 atom stereocenters. The number of rotatable bonds is 3. The number of thioether (sulfide) groups is 1. The van der Waals surface area contributed by atoms with E-state index < -0.39 is 0 Å². The molecule has 1 amide bonds. The van der Waals surface area contributed by atoms with Crippen LogP contribution in [0.4, 0.5) is 0 Å². The van der Waals surface area contributed by atoms with E-state index in [1.807, 2.05) is 53.1 Å². The predicted octanol–water partition coefficient (Wildman–Crippen LogP) is 4.20. The molecule has 23 heavy (non-hydrogen) atoms. The second-order valence-corrected chi connectivity index (χ2v) is 6.99. The monoisotopic (exact) mass is 347 g/mol. The molecule has 3 nitrogen and oxygen atoms in total. The Morgan fingerprint density at radius 3 is 2.70 bits per heavy atom. The Balaban J connectivity index is 1.93. The summed E-state index contributed by atoms with van der Waals surface area (Å²) >= 11 is 8.01. The normalized spacial score (nSPS) is 14.6. The zero-order valence-corrected chi connectivity index (χ0v) is 14.5. The average Bonchev–Trinajstić information content (AvgIpc) is 2.62. The summed E-state index contributed by atoms with van der Waals surface area (Å²) in [4.78, 5) is 14.6. The van der Waals surface area contributed by atoms with Crippen LogP contribution in [0.2, 0.25) is 5.02 Å². The lowest BCUT2D eigenvalue weighted by Crippen LogP contribution is -2.37. The maximum absolute atomic E-state index is 12.7. The molecular weight excluding hydrogens is 330 g/mol. The Kier molecular flexibility index (Phi) is 5.13. The maximum Gasteiger partial charge on any atom is 0.253 e. The molecule has 5 heteroatoms. The minimum atomic E-state index is 0.0909. The van der Waals surface area contributed by atoms with Crippen LogP contribution in [0.1, 0.15) is 10.4 Å². The predicted molar refractivity (Wildman–Crippen MR) is 96.7 cm³/mol. The fourth-order valence-electron chi connectivity index (χ4n) is 2.67. The van der Waals surface area contributed by atoms with E-state index in [0.717, 1.165) is 41.5 Å². The van der Waals surface area contributed by atoms with E-state index in [1.54, 1.807) is 13.2 Å². The highest BCUT2D eigenvalue weighted by Crippen LogP contribution is 2.33. The van der Waals surface area contributed by atoms with Crippen molar-refractivity contribution in [3.63, 3.8) is 0 Å². The van der Waals surface area contributed by atoms with Gasteiger partial charge >= 0.3 is 0 Å². The van der Waals surface area contributed by atoms with Gasteiger partial charge in [0.25, 0.3) is 5.91 Å². The molecule has 0 radical (unpaired) electrons. The van der Waals surface area contributed by atoms with Crippen LogP contribution in [-0.2, 0) is 0 Å². The summed E-state index contributed by atoms with van der Waals surface area (Å²) in [5.41, 5.74) is 2.53. The molecule has 0 aliphatic carbocycles. The summed E-state index contributed by atoms with van der Waals surface area (Å²) in [7, 11) is 1.63. The SMILES string of the molecule is COc1ccc(Cl)cc1-c1cccc(C(=O)N2CCSCC2)c1. The van der Waals surface area contributed by atoms with Crippen LogP contribution in [-0.4, -0.2) is 42.5 Å². The van der Waals surface area contributed by atoms with Gasteiger partial charge in [0.1, 0.15) is 5.75 Å². The van der Waals surface area contributed by atoms with Crippen LogP contribution in [0.5, 0.6) is 5.75 Å². The largest absolute Gasteiger partial charge is 0.496 e. The minimum absolute atomic E-state index is 0.0909. The van der Waals surface area contributed by atoms with Gasteiger partial charge in [0.2, 0.25) is 0 Å². The van der Waals surface area contributed by atoms with Gasteiger partial charge in [0, 0.05) is 40.7 Å². The van der Waals surface area contributed by atoms with E-state index in [2.05, 4.69) is 0 Å². The molecule has 0 saturated carbocycles. The first-order valence-corrected chi connectivity index (χ1v) is 9.03. The number of ether oxygens (including phenoxy) is 1. The maximum atomic E-state index is 12.7. The summed E-state index contributed by atoms with van der Waals surface area (Å²) in [5, 5.41) is 0.644. The van der Waals surface area contributed by atoms with E-state index in [9.17, 15) is 4.79 Å². The number of halogens is 1. The van der Waals surface area contributed by atoms with E-state index in [1.165, 1.54) is 0 Å². The molecule has 0 spiro atoms. The number of nitrogens with zero attached hydrogens (tertiary/aromatic N) is 1. The molecule has 1 fully saturated rings. The third kappa shape index (κ3) is 3.65. The highest BCUT2D eigenvalue weighted by atomic mass is 35.5. The van der Waals surface area contributed by atoms with Crippen molar-refractivity contribution in [2.75, 3.05) is 31.7 Å². The van der Waals surface area contributed by atoms with Gasteiger partial charge in [-0.2, -0.15) is 11.8 Å². The van der Waals surface area contributed by atoms with Crippen LogP contribution >= 0.6 is 23.4 Å². The Morgan fingerprint density at radius 1 is 1.17 bits per heavy atom. The molecule has 1 aliphatic rings. The molecular formula is C18H18ClNO2S. The Hall–Kier alpha value is -1.65. The van der Waals surface area contributed by atoms with Gasteiger partial charge in [-0.1, -0.05) is 23.7 Å². The first-order chi connectivity index (χ1) is 11.2. The molecule has 0 aromatic heterocycles. The smallest absolute Gasteiger partial charge is 0.253 e. The minimum Gasteiger partial charge on any atom is -0.496 e. The van der Waals surface area contributed by atoms with Crippen molar-refractivity contribution < 1.29 is 9.53 Å². The number of carbonyl (C=O) groups excluding carboxylic acids is 1. The van der Waals surface area contributed by atoms with Crippen LogP contribution in [0.15, 0.2) is 42.5 Å². The first-order valence-electron chi connectivity index (χ1n) is 7.50. The number of carbonyl (C=O) groups is 1. The lowest BCUT2D eigenvalue weighted by atomic mass is 10.0. The quantitative estimate of drug-likeness (QED) is 0.833. The third-order valence-corrected chi connectivity index (χ3v) is 5.06. The van der Waals surface area contributed by atoms with Gasteiger partial charge < -0.3 is 9.64 Å². The van der Waals surface area contributed by atoms with E-state index in [0.29, 0.717) is 10.6 Å². The third-order valence-electron chi connectivity index (χ3n) is 3.88.